The van der Waals surface area contributed by atoms with E-state index in [0.717, 1.165) is 23.5 Å². The maximum absolute atomic E-state index is 12.4. The van der Waals surface area contributed by atoms with Crippen LogP contribution < -0.4 is 0 Å². The summed E-state index contributed by atoms with van der Waals surface area (Å²) >= 11 is 1.44. The van der Waals surface area contributed by atoms with E-state index in [2.05, 4.69) is 9.97 Å². The molecule has 0 aromatic carbocycles. The lowest BCUT2D eigenvalue weighted by molar-refractivity contribution is -0.151. The quantitative estimate of drug-likeness (QED) is 0.929. The zero-order valence-electron chi connectivity index (χ0n) is 12.5. The van der Waals surface area contributed by atoms with Gasteiger partial charge in [-0.05, 0) is 31.4 Å². The molecular formula is C16H17N3O3S. The first kappa shape index (κ1) is 15.6. The van der Waals surface area contributed by atoms with Gasteiger partial charge in [0, 0.05) is 18.1 Å². The minimum absolute atomic E-state index is 0.132. The van der Waals surface area contributed by atoms with E-state index in [9.17, 15) is 14.7 Å². The number of thiazole rings is 1. The lowest BCUT2D eigenvalue weighted by Gasteiger charge is -2.32. The number of aliphatic carboxylic acids is 1. The van der Waals surface area contributed by atoms with E-state index < -0.39 is 12.0 Å². The van der Waals surface area contributed by atoms with Gasteiger partial charge in [0.25, 0.3) is 0 Å². The Morgan fingerprint density at radius 3 is 2.96 bits per heavy atom. The molecule has 1 unspecified atom stereocenters. The summed E-state index contributed by atoms with van der Waals surface area (Å²) in [6, 6.07) is 4.89. The Hall–Kier alpha value is -2.28. The Balaban J connectivity index is 1.70. The van der Waals surface area contributed by atoms with Crippen LogP contribution in [0.4, 0.5) is 0 Å². The first-order valence-corrected chi connectivity index (χ1v) is 8.41. The minimum atomic E-state index is -0.925. The number of amides is 1. The number of likely N-dealkylation sites (tertiary alicyclic amines) is 1. The van der Waals surface area contributed by atoms with Gasteiger partial charge in [-0.25, -0.2) is 9.78 Å². The molecule has 120 valence electrons. The van der Waals surface area contributed by atoms with Crippen LogP contribution in [0, 0.1) is 0 Å². The van der Waals surface area contributed by atoms with Crippen molar-refractivity contribution in [1.29, 1.82) is 0 Å². The highest BCUT2D eigenvalue weighted by atomic mass is 32.1. The van der Waals surface area contributed by atoms with E-state index in [4.69, 9.17) is 0 Å². The number of rotatable bonds is 4. The van der Waals surface area contributed by atoms with Gasteiger partial charge in [0.1, 0.15) is 11.0 Å². The summed E-state index contributed by atoms with van der Waals surface area (Å²) in [6.07, 6.45) is 4.06. The number of hydrogen-bond donors (Lipinski definition) is 1. The molecule has 0 radical (unpaired) electrons. The van der Waals surface area contributed by atoms with E-state index in [1.807, 2.05) is 23.6 Å². The third kappa shape index (κ3) is 3.56. The third-order valence-electron chi connectivity index (χ3n) is 3.88. The number of carboxylic acid groups (broad SMARTS) is 1. The molecule has 1 saturated heterocycles. The molecule has 2 aromatic rings. The summed E-state index contributed by atoms with van der Waals surface area (Å²) in [6.45, 7) is 0.507. The molecule has 1 atom stereocenters. The zero-order chi connectivity index (χ0) is 16.2. The number of carbonyl (C=O) groups is 2. The standard InChI is InChI=1S/C16H17N3O3S/c20-14(19-8-4-2-6-13(19)16(21)22)9-11-10-23-15(18-11)12-5-1-3-7-17-12/h1,3,5,7,10,13H,2,4,6,8-9H2,(H,21,22). The van der Waals surface area contributed by atoms with Gasteiger partial charge in [-0.3, -0.25) is 9.78 Å². The normalized spacial score (nSPS) is 17.9. The fourth-order valence-electron chi connectivity index (χ4n) is 2.74. The molecule has 23 heavy (non-hydrogen) atoms. The van der Waals surface area contributed by atoms with E-state index >= 15 is 0 Å². The molecule has 7 heteroatoms. The van der Waals surface area contributed by atoms with E-state index in [1.165, 1.54) is 16.2 Å². The maximum Gasteiger partial charge on any atom is 0.326 e. The predicted molar refractivity (Wildman–Crippen MR) is 86.0 cm³/mol. The maximum atomic E-state index is 12.4. The van der Waals surface area contributed by atoms with Crippen molar-refractivity contribution in [1.82, 2.24) is 14.9 Å². The number of nitrogens with zero attached hydrogens (tertiary/aromatic N) is 3. The monoisotopic (exact) mass is 331 g/mol. The smallest absolute Gasteiger partial charge is 0.326 e. The van der Waals surface area contributed by atoms with Crippen molar-refractivity contribution in [3.8, 4) is 10.7 Å². The molecule has 1 N–H and O–H groups in total. The molecule has 6 nitrogen and oxygen atoms in total. The lowest BCUT2D eigenvalue weighted by Crippen LogP contribution is -2.48. The molecule has 1 fully saturated rings. The van der Waals surface area contributed by atoms with Gasteiger partial charge in [0.05, 0.1) is 17.8 Å². The topological polar surface area (TPSA) is 83.4 Å². The van der Waals surface area contributed by atoms with E-state index in [-0.39, 0.29) is 12.3 Å². The number of piperidine rings is 1. The Kier molecular flexibility index (Phi) is 4.66. The second kappa shape index (κ2) is 6.87. The van der Waals surface area contributed by atoms with Crippen molar-refractivity contribution in [2.24, 2.45) is 0 Å². The molecule has 0 bridgehead atoms. The van der Waals surface area contributed by atoms with Gasteiger partial charge in [0.2, 0.25) is 5.91 Å². The van der Waals surface area contributed by atoms with Crippen LogP contribution >= 0.6 is 11.3 Å². The summed E-state index contributed by atoms with van der Waals surface area (Å²) in [7, 11) is 0. The van der Waals surface area contributed by atoms with Crippen molar-refractivity contribution in [3.05, 3.63) is 35.5 Å². The Morgan fingerprint density at radius 2 is 2.22 bits per heavy atom. The van der Waals surface area contributed by atoms with Gasteiger partial charge in [-0.1, -0.05) is 6.07 Å². The summed E-state index contributed by atoms with van der Waals surface area (Å²) in [5.41, 5.74) is 1.44. The number of carboxylic acids is 1. The second-order valence-corrected chi connectivity index (χ2v) is 6.33. The van der Waals surface area contributed by atoms with Crippen LogP contribution in [0.5, 0.6) is 0 Å². The van der Waals surface area contributed by atoms with Crippen LogP contribution in [-0.4, -0.2) is 44.4 Å². The average Bonchev–Trinajstić information content (AvgIpc) is 3.04. The van der Waals surface area contributed by atoms with Crippen LogP contribution in [0.1, 0.15) is 25.0 Å². The molecule has 0 aliphatic carbocycles. The van der Waals surface area contributed by atoms with Crippen LogP contribution in [-0.2, 0) is 16.0 Å². The van der Waals surface area contributed by atoms with Gasteiger partial charge in [0.15, 0.2) is 0 Å². The fourth-order valence-corrected chi connectivity index (χ4v) is 3.53. The molecule has 1 aliphatic heterocycles. The molecular weight excluding hydrogens is 314 g/mol. The number of carbonyl (C=O) groups excluding carboxylic acids is 1. The molecule has 3 rings (SSSR count). The first-order valence-electron chi connectivity index (χ1n) is 7.53. The van der Waals surface area contributed by atoms with Gasteiger partial charge in [-0.2, -0.15) is 0 Å². The Labute approximate surface area is 137 Å². The lowest BCUT2D eigenvalue weighted by atomic mass is 10.0. The Bertz CT molecular complexity index is 702. The van der Waals surface area contributed by atoms with Crippen molar-refractivity contribution in [2.45, 2.75) is 31.7 Å². The minimum Gasteiger partial charge on any atom is -0.480 e. The highest BCUT2D eigenvalue weighted by molar-refractivity contribution is 7.13. The molecule has 1 amide bonds. The predicted octanol–water partition coefficient (Wildman–Crippen LogP) is 2.21. The third-order valence-corrected chi connectivity index (χ3v) is 4.79. The second-order valence-electron chi connectivity index (χ2n) is 5.47. The summed E-state index contributed by atoms with van der Waals surface area (Å²) in [5, 5.41) is 11.9. The Morgan fingerprint density at radius 1 is 1.35 bits per heavy atom. The highest BCUT2D eigenvalue weighted by Crippen LogP contribution is 2.23. The molecule has 0 saturated carbocycles. The molecule has 0 spiro atoms. The number of pyridine rings is 1. The number of hydrogen-bond acceptors (Lipinski definition) is 5. The van der Waals surface area contributed by atoms with Gasteiger partial charge < -0.3 is 10.0 Å². The van der Waals surface area contributed by atoms with Crippen LogP contribution in [0.25, 0.3) is 10.7 Å². The molecule has 3 heterocycles. The van der Waals surface area contributed by atoms with Gasteiger partial charge in [-0.15, -0.1) is 11.3 Å². The summed E-state index contributed by atoms with van der Waals surface area (Å²) in [5.74, 6) is -1.10. The average molecular weight is 331 g/mol. The van der Waals surface area contributed by atoms with E-state index in [0.29, 0.717) is 18.7 Å². The molecule has 1 aliphatic rings. The van der Waals surface area contributed by atoms with Crippen LogP contribution in [0.15, 0.2) is 29.8 Å². The molecule has 2 aromatic heterocycles. The SMILES string of the molecule is O=C(O)C1CCCCN1C(=O)Cc1csc(-c2ccccn2)n1. The van der Waals surface area contributed by atoms with Crippen molar-refractivity contribution < 1.29 is 14.7 Å². The van der Waals surface area contributed by atoms with Crippen LogP contribution in [0.3, 0.4) is 0 Å². The first-order chi connectivity index (χ1) is 11.1. The van der Waals surface area contributed by atoms with Gasteiger partial charge >= 0.3 is 5.97 Å². The van der Waals surface area contributed by atoms with Crippen LogP contribution in [0.2, 0.25) is 0 Å². The summed E-state index contributed by atoms with van der Waals surface area (Å²) in [4.78, 5) is 33.9. The van der Waals surface area contributed by atoms with E-state index in [1.54, 1.807) is 6.20 Å². The summed E-state index contributed by atoms with van der Waals surface area (Å²) < 4.78 is 0. The zero-order valence-corrected chi connectivity index (χ0v) is 13.3. The highest BCUT2D eigenvalue weighted by Gasteiger charge is 2.32. The fraction of sp³-hybridized carbons (Fsp3) is 0.375. The van der Waals surface area contributed by atoms with Crippen molar-refractivity contribution >= 4 is 23.2 Å². The number of aromatic nitrogens is 2. The van der Waals surface area contributed by atoms with Crippen molar-refractivity contribution in [3.63, 3.8) is 0 Å². The van der Waals surface area contributed by atoms with Crippen molar-refractivity contribution in [2.75, 3.05) is 6.54 Å². The largest absolute Gasteiger partial charge is 0.480 e.